The molecule has 35 heavy (non-hydrogen) atoms. The summed E-state index contributed by atoms with van der Waals surface area (Å²) in [5.41, 5.74) is 4.55. The lowest BCUT2D eigenvalue weighted by atomic mass is 10.1. The minimum Gasteiger partial charge on any atom is -0.343 e. The van der Waals surface area contributed by atoms with Crippen molar-refractivity contribution >= 4 is 35.5 Å². The quantitative estimate of drug-likeness (QED) is 0.589. The molecule has 1 N–H and O–H groups in total. The SMILES string of the molecule is CN1C(=O)Cc2cnc(Nc3ccc(C(=O)N4CCCN(C=O)CC4)cc3)nc2-c2ccccc21. The lowest BCUT2D eigenvalue weighted by Crippen LogP contribution is -2.34. The van der Waals surface area contributed by atoms with Crippen LogP contribution in [0.2, 0.25) is 0 Å². The monoisotopic (exact) mass is 470 g/mol. The fraction of sp³-hybridized carbons (Fsp3) is 0.269. The number of carbonyl (C=O) groups excluding carboxylic acids is 3. The second-order valence-electron chi connectivity index (χ2n) is 8.70. The number of benzene rings is 2. The molecule has 0 bridgehead atoms. The van der Waals surface area contributed by atoms with Crippen LogP contribution in [0, 0.1) is 0 Å². The van der Waals surface area contributed by atoms with E-state index in [1.165, 1.54) is 0 Å². The molecule has 2 aliphatic heterocycles. The van der Waals surface area contributed by atoms with Gasteiger partial charge in [0.05, 0.1) is 17.8 Å². The van der Waals surface area contributed by atoms with Crippen molar-refractivity contribution in [3.63, 3.8) is 0 Å². The smallest absolute Gasteiger partial charge is 0.253 e. The predicted molar refractivity (Wildman–Crippen MR) is 132 cm³/mol. The Bertz CT molecular complexity index is 1280. The van der Waals surface area contributed by atoms with Crippen molar-refractivity contribution in [1.82, 2.24) is 19.8 Å². The number of hydrogen-bond donors (Lipinski definition) is 1. The molecule has 3 heterocycles. The highest BCUT2D eigenvalue weighted by Gasteiger charge is 2.25. The van der Waals surface area contributed by atoms with Gasteiger partial charge in [0.1, 0.15) is 0 Å². The number of nitrogens with one attached hydrogen (secondary N) is 1. The third-order valence-electron chi connectivity index (χ3n) is 6.46. The van der Waals surface area contributed by atoms with E-state index in [4.69, 9.17) is 4.98 Å². The zero-order chi connectivity index (χ0) is 24.4. The molecular weight excluding hydrogens is 444 g/mol. The Labute approximate surface area is 203 Å². The first-order chi connectivity index (χ1) is 17.0. The van der Waals surface area contributed by atoms with Gasteiger partial charge in [0, 0.05) is 61.8 Å². The lowest BCUT2D eigenvalue weighted by molar-refractivity contribution is -0.118. The molecule has 0 radical (unpaired) electrons. The Morgan fingerprint density at radius 2 is 1.83 bits per heavy atom. The molecule has 2 aliphatic rings. The van der Waals surface area contributed by atoms with Gasteiger partial charge in [-0.1, -0.05) is 18.2 Å². The molecule has 0 spiro atoms. The third-order valence-corrected chi connectivity index (χ3v) is 6.46. The minimum absolute atomic E-state index is 0.0101. The van der Waals surface area contributed by atoms with Crippen LogP contribution in [0.1, 0.15) is 22.3 Å². The molecule has 0 aliphatic carbocycles. The maximum Gasteiger partial charge on any atom is 0.253 e. The van der Waals surface area contributed by atoms with Crippen LogP contribution in [0.15, 0.2) is 54.7 Å². The number of rotatable bonds is 4. The van der Waals surface area contributed by atoms with Gasteiger partial charge in [-0.05, 0) is 36.8 Å². The van der Waals surface area contributed by atoms with Crippen molar-refractivity contribution in [3.8, 4) is 11.3 Å². The maximum atomic E-state index is 12.9. The molecular formula is C26H26N6O3. The van der Waals surface area contributed by atoms with E-state index in [-0.39, 0.29) is 18.2 Å². The number of aromatic nitrogens is 2. The van der Waals surface area contributed by atoms with Gasteiger partial charge >= 0.3 is 0 Å². The summed E-state index contributed by atoms with van der Waals surface area (Å²) in [6.07, 6.45) is 3.54. The normalized spacial score (nSPS) is 15.6. The number of fused-ring (bicyclic) bond motifs is 3. The van der Waals surface area contributed by atoms with Crippen molar-refractivity contribution in [2.45, 2.75) is 12.8 Å². The molecule has 5 rings (SSSR count). The van der Waals surface area contributed by atoms with E-state index in [1.807, 2.05) is 36.4 Å². The molecule has 9 nitrogen and oxygen atoms in total. The van der Waals surface area contributed by atoms with Crippen LogP contribution in [0.5, 0.6) is 0 Å². The van der Waals surface area contributed by atoms with Crippen molar-refractivity contribution in [1.29, 1.82) is 0 Å². The largest absolute Gasteiger partial charge is 0.343 e. The molecule has 1 fully saturated rings. The van der Waals surface area contributed by atoms with Gasteiger partial charge in [-0.25, -0.2) is 9.97 Å². The zero-order valence-electron chi connectivity index (χ0n) is 19.5. The van der Waals surface area contributed by atoms with Gasteiger partial charge in [0.2, 0.25) is 18.3 Å². The predicted octanol–water partition coefficient (Wildman–Crippen LogP) is 2.71. The van der Waals surface area contributed by atoms with Crippen LogP contribution in [-0.2, 0) is 16.0 Å². The summed E-state index contributed by atoms with van der Waals surface area (Å²) in [5, 5.41) is 3.21. The summed E-state index contributed by atoms with van der Waals surface area (Å²) >= 11 is 0. The van der Waals surface area contributed by atoms with E-state index in [1.54, 1.807) is 40.1 Å². The zero-order valence-corrected chi connectivity index (χ0v) is 19.5. The summed E-state index contributed by atoms with van der Waals surface area (Å²) in [6.45, 7) is 2.38. The fourth-order valence-electron chi connectivity index (χ4n) is 4.47. The standard InChI is InChI=1S/C26H26N6O3/c1-30-22-6-3-2-5-21(22)24-19(15-23(30)34)16-27-26(29-24)28-20-9-7-18(8-10-20)25(35)32-12-4-11-31(17-33)13-14-32/h2-3,5-10,16-17H,4,11-15H2,1H3,(H,27,28,29). The fourth-order valence-corrected chi connectivity index (χ4v) is 4.47. The molecule has 0 saturated carbocycles. The Morgan fingerprint density at radius 3 is 2.63 bits per heavy atom. The van der Waals surface area contributed by atoms with E-state index in [0.29, 0.717) is 37.7 Å². The van der Waals surface area contributed by atoms with Crippen molar-refractivity contribution in [2.24, 2.45) is 0 Å². The van der Waals surface area contributed by atoms with Crippen molar-refractivity contribution < 1.29 is 14.4 Å². The first kappa shape index (κ1) is 22.5. The molecule has 3 amide bonds. The van der Waals surface area contributed by atoms with Crippen molar-refractivity contribution in [3.05, 3.63) is 65.9 Å². The number of likely N-dealkylation sites (N-methyl/N-ethyl adjacent to an activating group) is 1. The van der Waals surface area contributed by atoms with Gasteiger partial charge < -0.3 is 20.0 Å². The first-order valence-electron chi connectivity index (χ1n) is 11.6. The average molecular weight is 471 g/mol. The number of para-hydroxylation sites is 1. The Balaban J connectivity index is 1.34. The molecule has 1 saturated heterocycles. The van der Waals surface area contributed by atoms with Crippen LogP contribution in [0.25, 0.3) is 11.3 Å². The number of nitrogens with zero attached hydrogens (tertiary/aromatic N) is 5. The molecule has 1 aromatic heterocycles. The Morgan fingerprint density at radius 1 is 1.03 bits per heavy atom. The number of carbonyl (C=O) groups is 3. The molecule has 9 heteroatoms. The van der Waals surface area contributed by atoms with Crippen LogP contribution >= 0.6 is 0 Å². The van der Waals surface area contributed by atoms with E-state index >= 15 is 0 Å². The first-order valence-corrected chi connectivity index (χ1v) is 11.6. The number of amides is 3. The molecule has 0 atom stereocenters. The average Bonchev–Trinajstić information content (AvgIpc) is 3.19. The number of anilines is 3. The maximum absolute atomic E-state index is 12.9. The van der Waals surface area contributed by atoms with Gasteiger partial charge in [-0.2, -0.15) is 0 Å². The van der Waals surface area contributed by atoms with Crippen LogP contribution in [0.4, 0.5) is 17.3 Å². The van der Waals surface area contributed by atoms with Gasteiger partial charge in [0.15, 0.2) is 0 Å². The second-order valence-corrected chi connectivity index (χ2v) is 8.70. The van der Waals surface area contributed by atoms with E-state index in [2.05, 4.69) is 10.3 Å². The molecule has 3 aromatic rings. The Hall–Kier alpha value is -4.27. The molecule has 2 aromatic carbocycles. The lowest BCUT2D eigenvalue weighted by Gasteiger charge is -2.20. The summed E-state index contributed by atoms with van der Waals surface area (Å²) in [6, 6.07) is 14.9. The minimum atomic E-state index is -0.0454. The molecule has 178 valence electrons. The summed E-state index contributed by atoms with van der Waals surface area (Å²) < 4.78 is 0. The van der Waals surface area contributed by atoms with Gasteiger partial charge in [0.25, 0.3) is 5.91 Å². The molecule has 0 unspecified atom stereocenters. The van der Waals surface area contributed by atoms with Crippen LogP contribution in [0.3, 0.4) is 0 Å². The van der Waals surface area contributed by atoms with Crippen LogP contribution < -0.4 is 10.2 Å². The van der Waals surface area contributed by atoms with E-state index < -0.39 is 0 Å². The van der Waals surface area contributed by atoms with Crippen LogP contribution in [-0.4, -0.2) is 71.2 Å². The van der Waals surface area contributed by atoms with E-state index in [9.17, 15) is 14.4 Å². The highest BCUT2D eigenvalue weighted by Crippen LogP contribution is 2.35. The highest BCUT2D eigenvalue weighted by atomic mass is 16.2. The Kier molecular flexibility index (Phi) is 6.13. The summed E-state index contributed by atoms with van der Waals surface area (Å²) in [4.78, 5) is 50.8. The third kappa shape index (κ3) is 4.57. The summed E-state index contributed by atoms with van der Waals surface area (Å²) in [7, 11) is 1.77. The van der Waals surface area contributed by atoms with Crippen molar-refractivity contribution in [2.75, 3.05) is 43.4 Å². The van der Waals surface area contributed by atoms with E-state index in [0.717, 1.165) is 41.0 Å². The second kappa shape index (κ2) is 9.54. The van der Waals surface area contributed by atoms with Gasteiger partial charge in [-0.3, -0.25) is 14.4 Å². The number of hydrogen-bond acceptors (Lipinski definition) is 6. The topological polar surface area (TPSA) is 98.7 Å². The summed E-state index contributed by atoms with van der Waals surface area (Å²) in [5.74, 6) is 0.358. The highest BCUT2D eigenvalue weighted by molar-refractivity contribution is 6.01. The van der Waals surface area contributed by atoms with Gasteiger partial charge in [-0.15, -0.1) is 0 Å².